The first-order valence-corrected chi connectivity index (χ1v) is 8.88. The Kier molecular flexibility index (Phi) is 6.12. The zero-order chi connectivity index (χ0) is 15.2. The average Bonchev–Trinajstić information content (AvgIpc) is 2.47. The molecule has 0 saturated carbocycles. The highest BCUT2D eigenvalue weighted by molar-refractivity contribution is 7.99. The lowest BCUT2D eigenvalue weighted by atomic mass is 9.91. The van der Waals surface area contributed by atoms with Gasteiger partial charge in [-0.2, -0.15) is 0 Å². The lowest BCUT2D eigenvalue weighted by molar-refractivity contribution is -0.129. The van der Waals surface area contributed by atoms with Crippen LogP contribution in [-0.2, 0) is 10.5 Å². The topological polar surface area (TPSA) is 46.3 Å². The van der Waals surface area contributed by atoms with E-state index in [0.717, 1.165) is 31.7 Å². The molecule has 1 heterocycles. The molecule has 1 aliphatic heterocycles. The van der Waals surface area contributed by atoms with Crippen molar-refractivity contribution >= 4 is 17.7 Å². The third-order valence-electron chi connectivity index (χ3n) is 4.21. The normalized spacial score (nSPS) is 17.8. The number of carbonyl (C=O) groups excluding carboxylic acids is 1. The van der Waals surface area contributed by atoms with Crippen LogP contribution in [0, 0.1) is 12.8 Å². The van der Waals surface area contributed by atoms with Crippen molar-refractivity contribution in [1.29, 1.82) is 0 Å². The van der Waals surface area contributed by atoms with Gasteiger partial charge < -0.3 is 10.6 Å². The van der Waals surface area contributed by atoms with Gasteiger partial charge in [0.05, 0.1) is 5.75 Å². The minimum Gasteiger partial charge on any atom is -0.342 e. The molecule has 1 saturated heterocycles. The second-order valence-corrected chi connectivity index (χ2v) is 7.04. The Balaban J connectivity index is 1.71. The molecule has 1 unspecified atom stereocenters. The van der Waals surface area contributed by atoms with Crippen LogP contribution in [0.5, 0.6) is 0 Å². The summed E-state index contributed by atoms with van der Waals surface area (Å²) in [5.74, 6) is 2.34. The summed E-state index contributed by atoms with van der Waals surface area (Å²) in [5.41, 5.74) is 8.51. The Labute approximate surface area is 132 Å². The van der Waals surface area contributed by atoms with E-state index in [1.807, 2.05) is 4.90 Å². The Bertz CT molecular complexity index is 468. The molecular weight excluding hydrogens is 280 g/mol. The third-order valence-corrected chi connectivity index (χ3v) is 5.20. The Morgan fingerprint density at radius 1 is 1.43 bits per heavy atom. The fraction of sp³-hybridized carbons (Fsp3) is 0.588. The minimum atomic E-state index is 0.248. The van der Waals surface area contributed by atoms with E-state index in [9.17, 15) is 4.79 Å². The number of piperidine rings is 1. The molecule has 1 aromatic rings. The van der Waals surface area contributed by atoms with Crippen molar-refractivity contribution in [1.82, 2.24) is 4.90 Å². The van der Waals surface area contributed by atoms with Crippen molar-refractivity contribution in [3.63, 3.8) is 0 Å². The Hall–Kier alpha value is -1.00. The van der Waals surface area contributed by atoms with Crippen molar-refractivity contribution in [2.75, 3.05) is 18.8 Å². The van der Waals surface area contributed by atoms with Gasteiger partial charge in [0.2, 0.25) is 5.91 Å². The average molecular weight is 306 g/mol. The molecule has 116 valence electrons. The molecule has 21 heavy (non-hydrogen) atoms. The van der Waals surface area contributed by atoms with Crippen molar-refractivity contribution in [3.8, 4) is 0 Å². The van der Waals surface area contributed by atoms with E-state index in [2.05, 4.69) is 38.1 Å². The van der Waals surface area contributed by atoms with Gasteiger partial charge in [0.15, 0.2) is 0 Å². The number of benzene rings is 1. The predicted molar refractivity (Wildman–Crippen MR) is 90.3 cm³/mol. The van der Waals surface area contributed by atoms with E-state index >= 15 is 0 Å². The largest absolute Gasteiger partial charge is 0.342 e. The maximum absolute atomic E-state index is 12.2. The summed E-state index contributed by atoms with van der Waals surface area (Å²) >= 11 is 1.71. The monoisotopic (exact) mass is 306 g/mol. The number of likely N-dealkylation sites (tertiary alicyclic amines) is 1. The molecule has 1 aliphatic rings. The van der Waals surface area contributed by atoms with E-state index in [-0.39, 0.29) is 11.9 Å². The maximum Gasteiger partial charge on any atom is 0.232 e. The minimum absolute atomic E-state index is 0.248. The number of nitrogens with zero attached hydrogens (tertiary/aromatic N) is 1. The second kappa shape index (κ2) is 7.85. The predicted octanol–water partition coefficient (Wildman–Crippen LogP) is 2.81. The van der Waals surface area contributed by atoms with Crippen LogP contribution in [0.25, 0.3) is 0 Å². The maximum atomic E-state index is 12.2. The van der Waals surface area contributed by atoms with E-state index in [1.165, 1.54) is 11.1 Å². The van der Waals surface area contributed by atoms with Gasteiger partial charge in [-0.1, -0.05) is 29.8 Å². The quantitative estimate of drug-likeness (QED) is 0.910. The van der Waals surface area contributed by atoms with Gasteiger partial charge in [-0.05, 0) is 38.2 Å². The molecular formula is C17H26N2OS. The fourth-order valence-electron chi connectivity index (χ4n) is 2.82. The van der Waals surface area contributed by atoms with Crippen molar-refractivity contribution in [2.45, 2.75) is 38.5 Å². The molecule has 0 bridgehead atoms. The van der Waals surface area contributed by atoms with E-state index in [4.69, 9.17) is 5.73 Å². The SMILES string of the molecule is Cc1cccc(CSCC(=O)N2CCC(C(C)N)CC2)c1. The summed E-state index contributed by atoms with van der Waals surface area (Å²) in [7, 11) is 0. The summed E-state index contributed by atoms with van der Waals surface area (Å²) in [6, 6.07) is 8.73. The van der Waals surface area contributed by atoms with Crippen molar-refractivity contribution in [2.24, 2.45) is 11.7 Å². The van der Waals surface area contributed by atoms with E-state index in [1.54, 1.807) is 11.8 Å². The van der Waals surface area contributed by atoms with Crippen molar-refractivity contribution < 1.29 is 4.79 Å². The van der Waals surface area contributed by atoms with E-state index < -0.39 is 0 Å². The molecule has 1 aromatic carbocycles. The van der Waals surface area contributed by atoms with Gasteiger partial charge in [0.1, 0.15) is 0 Å². The summed E-state index contributed by atoms with van der Waals surface area (Å²) in [6.45, 7) is 5.91. The number of hydrogen-bond donors (Lipinski definition) is 1. The summed E-state index contributed by atoms with van der Waals surface area (Å²) in [4.78, 5) is 14.2. The number of amides is 1. The van der Waals surface area contributed by atoms with Gasteiger partial charge in [-0.15, -0.1) is 11.8 Å². The smallest absolute Gasteiger partial charge is 0.232 e. The first kappa shape index (κ1) is 16.4. The molecule has 0 radical (unpaired) electrons. The molecule has 0 aromatic heterocycles. The number of hydrogen-bond acceptors (Lipinski definition) is 3. The van der Waals surface area contributed by atoms with Crippen LogP contribution in [0.3, 0.4) is 0 Å². The molecule has 1 amide bonds. The molecule has 1 atom stereocenters. The molecule has 3 nitrogen and oxygen atoms in total. The highest BCUT2D eigenvalue weighted by atomic mass is 32.2. The van der Waals surface area contributed by atoms with E-state index in [0.29, 0.717) is 11.7 Å². The second-order valence-electron chi connectivity index (χ2n) is 6.06. The summed E-state index contributed by atoms with van der Waals surface area (Å²) in [6.07, 6.45) is 2.10. The van der Waals surface area contributed by atoms with Crippen LogP contribution in [0.2, 0.25) is 0 Å². The molecule has 0 spiro atoms. The molecule has 2 N–H and O–H groups in total. The van der Waals surface area contributed by atoms with Crippen LogP contribution in [-0.4, -0.2) is 35.7 Å². The first-order chi connectivity index (χ1) is 10.1. The number of nitrogens with two attached hydrogens (primary N) is 1. The third kappa shape index (κ3) is 5.04. The zero-order valence-electron chi connectivity index (χ0n) is 13.0. The van der Waals surface area contributed by atoms with Gasteiger partial charge >= 0.3 is 0 Å². The fourth-order valence-corrected chi connectivity index (χ4v) is 3.70. The molecule has 0 aliphatic carbocycles. The lowest BCUT2D eigenvalue weighted by Gasteiger charge is -2.33. The standard InChI is InChI=1S/C17H26N2OS/c1-13-4-3-5-15(10-13)11-21-12-17(20)19-8-6-16(7-9-19)14(2)18/h3-5,10,14,16H,6-9,11-12,18H2,1-2H3. The van der Waals surface area contributed by atoms with Gasteiger partial charge in [-0.3, -0.25) is 4.79 Å². The lowest BCUT2D eigenvalue weighted by Crippen LogP contribution is -2.43. The summed E-state index contributed by atoms with van der Waals surface area (Å²) < 4.78 is 0. The Morgan fingerprint density at radius 2 is 2.14 bits per heavy atom. The van der Waals surface area contributed by atoms with Crippen LogP contribution in [0.1, 0.15) is 30.9 Å². The highest BCUT2D eigenvalue weighted by Gasteiger charge is 2.24. The zero-order valence-corrected chi connectivity index (χ0v) is 13.9. The number of carbonyl (C=O) groups is 1. The van der Waals surface area contributed by atoms with Crippen LogP contribution in [0.4, 0.5) is 0 Å². The van der Waals surface area contributed by atoms with Crippen LogP contribution >= 0.6 is 11.8 Å². The van der Waals surface area contributed by atoms with Crippen molar-refractivity contribution in [3.05, 3.63) is 35.4 Å². The van der Waals surface area contributed by atoms with Gasteiger partial charge in [-0.25, -0.2) is 0 Å². The summed E-state index contributed by atoms with van der Waals surface area (Å²) in [5, 5.41) is 0. The van der Waals surface area contributed by atoms with Gasteiger partial charge in [0.25, 0.3) is 0 Å². The highest BCUT2D eigenvalue weighted by Crippen LogP contribution is 2.21. The van der Waals surface area contributed by atoms with Gasteiger partial charge in [0, 0.05) is 24.9 Å². The number of aryl methyl sites for hydroxylation is 1. The molecule has 1 fully saturated rings. The number of rotatable bonds is 5. The van der Waals surface area contributed by atoms with Crippen LogP contribution < -0.4 is 5.73 Å². The number of thioether (sulfide) groups is 1. The van der Waals surface area contributed by atoms with Crippen LogP contribution in [0.15, 0.2) is 24.3 Å². The first-order valence-electron chi connectivity index (χ1n) is 7.73. The molecule has 2 rings (SSSR count). The molecule has 4 heteroatoms. The Morgan fingerprint density at radius 3 is 2.76 bits per heavy atom.